The van der Waals surface area contributed by atoms with Gasteiger partial charge in [-0.25, -0.2) is 4.79 Å². The quantitative estimate of drug-likeness (QED) is 0.550. The van der Waals surface area contributed by atoms with E-state index in [0.29, 0.717) is 22.9 Å². The minimum absolute atomic E-state index is 0.354. The van der Waals surface area contributed by atoms with Gasteiger partial charge in [0, 0.05) is 5.69 Å². The van der Waals surface area contributed by atoms with Gasteiger partial charge in [0.2, 0.25) is 0 Å². The van der Waals surface area contributed by atoms with E-state index in [2.05, 4.69) is 19.2 Å². The van der Waals surface area contributed by atoms with Crippen LogP contribution in [-0.4, -0.2) is 18.5 Å². The van der Waals surface area contributed by atoms with Crippen molar-refractivity contribution in [1.29, 1.82) is 0 Å². The molecule has 0 saturated carbocycles. The molecule has 29 heavy (non-hydrogen) atoms. The van der Waals surface area contributed by atoms with Crippen LogP contribution in [0.25, 0.3) is 0 Å². The highest BCUT2D eigenvalue weighted by Crippen LogP contribution is 2.22. The molecule has 0 bridgehead atoms. The second-order valence-corrected chi connectivity index (χ2v) is 6.84. The van der Waals surface area contributed by atoms with Crippen LogP contribution in [-0.2, 0) is 9.53 Å². The van der Waals surface area contributed by atoms with E-state index in [1.54, 1.807) is 36.4 Å². The summed E-state index contributed by atoms with van der Waals surface area (Å²) < 4.78 is 10.8. The summed E-state index contributed by atoms with van der Waals surface area (Å²) in [6.45, 7) is 3.81. The molecule has 0 fully saturated rings. The highest BCUT2D eigenvalue weighted by atomic mass is 16.5. The van der Waals surface area contributed by atoms with Crippen LogP contribution < -0.4 is 10.1 Å². The van der Waals surface area contributed by atoms with Gasteiger partial charge in [-0.05, 0) is 60.0 Å². The Balaban J connectivity index is 1.48. The Bertz CT molecular complexity index is 948. The molecule has 0 atom stereocenters. The number of carbonyl (C=O) groups is 2. The first-order valence-electron chi connectivity index (χ1n) is 9.41. The maximum Gasteiger partial charge on any atom is 0.338 e. The third-order valence-corrected chi connectivity index (χ3v) is 4.26. The Hall–Kier alpha value is -3.60. The number of rotatable bonds is 7. The lowest BCUT2D eigenvalue weighted by Gasteiger charge is -2.09. The van der Waals surface area contributed by atoms with E-state index >= 15 is 0 Å². The first-order valence-corrected chi connectivity index (χ1v) is 9.41. The van der Waals surface area contributed by atoms with E-state index in [1.165, 1.54) is 0 Å². The van der Waals surface area contributed by atoms with Gasteiger partial charge < -0.3 is 14.8 Å². The van der Waals surface area contributed by atoms with Crippen LogP contribution in [0.5, 0.6) is 11.5 Å². The molecule has 0 aliphatic heterocycles. The smallest absolute Gasteiger partial charge is 0.338 e. The molecule has 1 N–H and O–H groups in total. The number of hydrogen-bond donors (Lipinski definition) is 1. The third kappa shape index (κ3) is 5.94. The van der Waals surface area contributed by atoms with Crippen molar-refractivity contribution in [3.8, 4) is 11.5 Å². The molecule has 1 amide bonds. The summed E-state index contributed by atoms with van der Waals surface area (Å²) in [4.78, 5) is 24.1. The monoisotopic (exact) mass is 389 g/mol. The van der Waals surface area contributed by atoms with Crippen LogP contribution >= 0.6 is 0 Å². The van der Waals surface area contributed by atoms with Gasteiger partial charge in [-0.3, -0.25) is 4.79 Å². The molecule has 148 valence electrons. The molecule has 0 aliphatic carbocycles. The molecular weight excluding hydrogens is 366 g/mol. The lowest BCUT2D eigenvalue weighted by molar-refractivity contribution is -0.119. The molecule has 0 aliphatic rings. The summed E-state index contributed by atoms with van der Waals surface area (Å²) in [5.74, 6) is 0.842. The number of amides is 1. The number of para-hydroxylation sites is 1. The Labute approximate surface area is 170 Å². The molecule has 0 saturated heterocycles. The van der Waals surface area contributed by atoms with E-state index in [9.17, 15) is 9.59 Å². The molecule has 0 unspecified atom stereocenters. The normalized spacial score (nSPS) is 10.4. The molecule has 5 heteroatoms. The molecule has 0 aromatic heterocycles. The van der Waals surface area contributed by atoms with E-state index in [0.717, 1.165) is 11.3 Å². The molecule has 0 radical (unpaired) electrons. The van der Waals surface area contributed by atoms with Crippen molar-refractivity contribution in [2.24, 2.45) is 0 Å². The van der Waals surface area contributed by atoms with Crippen molar-refractivity contribution in [2.75, 3.05) is 11.9 Å². The van der Waals surface area contributed by atoms with Gasteiger partial charge in [0.25, 0.3) is 5.91 Å². The van der Waals surface area contributed by atoms with Crippen LogP contribution in [0, 0.1) is 0 Å². The van der Waals surface area contributed by atoms with Crippen LogP contribution in [0.3, 0.4) is 0 Å². The summed E-state index contributed by atoms with van der Waals surface area (Å²) in [5, 5.41) is 2.69. The van der Waals surface area contributed by atoms with Gasteiger partial charge >= 0.3 is 5.97 Å². The van der Waals surface area contributed by atoms with Gasteiger partial charge in [-0.15, -0.1) is 0 Å². The van der Waals surface area contributed by atoms with Crippen molar-refractivity contribution in [1.82, 2.24) is 0 Å². The van der Waals surface area contributed by atoms with Gasteiger partial charge in [0.1, 0.15) is 11.5 Å². The number of nitrogens with one attached hydrogen (secondary N) is 1. The van der Waals surface area contributed by atoms with Crippen LogP contribution in [0.1, 0.15) is 35.7 Å². The topological polar surface area (TPSA) is 64.6 Å². The Morgan fingerprint density at radius 1 is 0.828 bits per heavy atom. The molecular formula is C24H23NO4. The van der Waals surface area contributed by atoms with Crippen molar-refractivity contribution in [3.05, 3.63) is 90.0 Å². The van der Waals surface area contributed by atoms with Crippen LogP contribution in [0.2, 0.25) is 0 Å². The van der Waals surface area contributed by atoms with Crippen molar-refractivity contribution >= 4 is 17.6 Å². The zero-order chi connectivity index (χ0) is 20.6. The lowest BCUT2D eigenvalue weighted by Crippen LogP contribution is -2.20. The van der Waals surface area contributed by atoms with Crippen LogP contribution in [0.4, 0.5) is 5.69 Å². The standard InChI is InChI=1S/C24H23NO4/c1-17(2)18-8-10-19(11-9-18)24(27)28-16-23(26)25-20-12-14-22(15-13-20)29-21-6-4-3-5-7-21/h3-15,17H,16H2,1-2H3,(H,25,26). The minimum atomic E-state index is -0.526. The Morgan fingerprint density at radius 2 is 1.45 bits per heavy atom. The number of benzene rings is 3. The Kier molecular flexibility index (Phi) is 6.63. The average Bonchev–Trinajstić information content (AvgIpc) is 2.74. The van der Waals surface area contributed by atoms with E-state index in [1.807, 2.05) is 42.5 Å². The third-order valence-electron chi connectivity index (χ3n) is 4.26. The van der Waals surface area contributed by atoms with Crippen molar-refractivity contribution < 1.29 is 19.1 Å². The van der Waals surface area contributed by atoms with E-state index in [-0.39, 0.29) is 6.61 Å². The fraction of sp³-hybridized carbons (Fsp3) is 0.167. The molecule has 5 nitrogen and oxygen atoms in total. The van der Waals surface area contributed by atoms with Crippen LogP contribution in [0.15, 0.2) is 78.9 Å². The van der Waals surface area contributed by atoms with Crippen molar-refractivity contribution in [3.63, 3.8) is 0 Å². The van der Waals surface area contributed by atoms with Gasteiger partial charge in [-0.2, -0.15) is 0 Å². The maximum absolute atomic E-state index is 12.1. The second kappa shape index (κ2) is 9.55. The first-order chi connectivity index (χ1) is 14.0. The predicted molar refractivity (Wildman–Crippen MR) is 112 cm³/mol. The van der Waals surface area contributed by atoms with Gasteiger partial charge in [0.15, 0.2) is 6.61 Å². The minimum Gasteiger partial charge on any atom is -0.457 e. The molecule has 3 rings (SSSR count). The summed E-state index contributed by atoms with van der Waals surface area (Å²) in [7, 11) is 0. The fourth-order valence-corrected chi connectivity index (χ4v) is 2.65. The van der Waals surface area contributed by atoms with E-state index < -0.39 is 11.9 Å². The molecule has 3 aromatic carbocycles. The fourth-order valence-electron chi connectivity index (χ4n) is 2.65. The maximum atomic E-state index is 12.1. The summed E-state index contributed by atoms with van der Waals surface area (Å²) in [5.41, 5.74) is 2.15. The Morgan fingerprint density at radius 3 is 2.07 bits per heavy atom. The van der Waals surface area contributed by atoms with E-state index in [4.69, 9.17) is 9.47 Å². The highest BCUT2D eigenvalue weighted by Gasteiger charge is 2.11. The SMILES string of the molecule is CC(C)c1ccc(C(=O)OCC(=O)Nc2ccc(Oc3ccccc3)cc2)cc1. The second-order valence-electron chi connectivity index (χ2n) is 6.84. The first kappa shape index (κ1) is 20.1. The zero-order valence-electron chi connectivity index (χ0n) is 16.4. The van der Waals surface area contributed by atoms with Crippen molar-refractivity contribution in [2.45, 2.75) is 19.8 Å². The summed E-state index contributed by atoms with van der Waals surface area (Å²) >= 11 is 0. The predicted octanol–water partition coefficient (Wildman–Crippen LogP) is 5.40. The summed E-state index contributed by atoms with van der Waals surface area (Å²) in [6.07, 6.45) is 0. The molecule has 0 heterocycles. The number of hydrogen-bond acceptors (Lipinski definition) is 4. The largest absolute Gasteiger partial charge is 0.457 e. The lowest BCUT2D eigenvalue weighted by atomic mass is 10.0. The van der Waals surface area contributed by atoms with Gasteiger partial charge in [-0.1, -0.05) is 44.2 Å². The average molecular weight is 389 g/mol. The number of carbonyl (C=O) groups excluding carboxylic acids is 2. The number of anilines is 1. The number of ether oxygens (including phenoxy) is 2. The molecule has 3 aromatic rings. The number of esters is 1. The van der Waals surface area contributed by atoms with Gasteiger partial charge in [0.05, 0.1) is 5.56 Å². The summed E-state index contributed by atoms with van der Waals surface area (Å²) in [6, 6.07) is 23.6. The molecule has 0 spiro atoms. The zero-order valence-corrected chi connectivity index (χ0v) is 16.4. The highest BCUT2D eigenvalue weighted by molar-refractivity contribution is 5.95.